The number of carbonyl (C=O) groups is 2. The highest BCUT2D eigenvalue weighted by Crippen LogP contribution is 2.17. The van der Waals surface area contributed by atoms with Crippen molar-refractivity contribution in [2.75, 3.05) is 42.9 Å². The van der Waals surface area contributed by atoms with Gasteiger partial charge in [-0.2, -0.15) is 0 Å². The second-order valence-electron chi connectivity index (χ2n) is 5.31. The van der Waals surface area contributed by atoms with Crippen molar-refractivity contribution in [3.8, 4) is 0 Å². The van der Waals surface area contributed by atoms with Crippen LogP contribution in [0.25, 0.3) is 0 Å². The fourth-order valence-corrected chi connectivity index (χ4v) is 2.75. The molecule has 1 aromatic carbocycles. The molecule has 1 rings (SSSR count). The van der Waals surface area contributed by atoms with Gasteiger partial charge in [0, 0.05) is 37.0 Å². The monoisotopic (exact) mass is 469 g/mol. The van der Waals surface area contributed by atoms with Crippen molar-refractivity contribution >= 4 is 57.7 Å². The standard InChI is InChI=1S/C17H25Cl2N3O3.BrH/c1-2-25-17(24)15(21-16(23)12-20)11-13-3-5-14(6-4-13)22(9-7-18)10-8-19;/h3-6,15H,2,7-12,20H2,1H3,(H,21,23);1H/t15-;/m0./s1. The lowest BCUT2D eigenvalue weighted by molar-refractivity contribution is -0.147. The summed E-state index contributed by atoms with van der Waals surface area (Å²) in [6.45, 7) is 3.19. The topological polar surface area (TPSA) is 84.7 Å². The molecule has 26 heavy (non-hydrogen) atoms. The Kier molecular flexibility index (Phi) is 13.5. The Morgan fingerprint density at radius 3 is 2.23 bits per heavy atom. The number of amides is 1. The van der Waals surface area contributed by atoms with Gasteiger partial charge >= 0.3 is 5.97 Å². The van der Waals surface area contributed by atoms with E-state index in [2.05, 4.69) is 10.2 Å². The van der Waals surface area contributed by atoms with Crippen LogP contribution in [-0.2, 0) is 20.7 Å². The third kappa shape index (κ3) is 8.58. The summed E-state index contributed by atoms with van der Waals surface area (Å²) in [7, 11) is 0. The molecule has 3 N–H and O–H groups in total. The lowest BCUT2D eigenvalue weighted by atomic mass is 10.0. The molecule has 0 fully saturated rings. The molecule has 0 aliphatic rings. The minimum atomic E-state index is -0.761. The Hall–Kier alpha value is -1.02. The van der Waals surface area contributed by atoms with E-state index in [0.29, 0.717) is 31.3 Å². The van der Waals surface area contributed by atoms with E-state index in [1.807, 2.05) is 24.3 Å². The van der Waals surface area contributed by atoms with Crippen molar-refractivity contribution in [3.63, 3.8) is 0 Å². The van der Waals surface area contributed by atoms with Crippen LogP contribution in [0.15, 0.2) is 24.3 Å². The van der Waals surface area contributed by atoms with Crippen LogP contribution in [0.5, 0.6) is 0 Å². The van der Waals surface area contributed by atoms with Crippen LogP contribution in [-0.4, -0.2) is 55.9 Å². The van der Waals surface area contributed by atoms with Gasteiger partial charge in [0.25, 0.3) is 0 Å². The van der Waals surface area contributed by atoms with Crippen LogP contribution in [0, 0.1) is 0 Å². The second kappa shape index (κ2) is 14.1. The molecule has 0 unspecified atom stereocenters. The first-order valence-corrected chi connectivity index (χ1v) is 9.24. The zero-order valence-corrected chi connectivity index (χ0v) is 18.0. The molecule has 6 nitrogen and oxygen atoms in total. The molecule has 0 saturated heterocycles. The summed E-state index contributed by atoms with van der Waals surface area (Å²) < 4.78 is 5.02. The SMILES string of the molecule is Br.CCOC(=O)[C@H](Cc1ccc(N(CCCl)CCCl)cc1)NC(=O)CN. The number of halogens is 3. The van der Waals surface area contributed by atoms with Crippen LogP contribution >= 0.6 is 40.2 Å². The van der Waals surface area contributed by atoms with Crippen LogP contribution < -0.4 is 16.0 Å². The Labute approximate surface area is 175 Å². The third-order valence-electron chi connectivity index (χ3n) is 3.54. The highest BCUT2D eigenvalue weighted by atomic mass is 79.9. The van der Waals surface area contributed by atoms with E-state index >= 15 is 0 Å². The van der Waals surface area contributed by atoms with Crippen LogP contribution in [0.3, 0.4) is 0 Å². The molecule has 0 bridgehead atoms. The average Bonchev–Trinajstić information content (AvgIpc) is 2.61. The van der Waals surface area contributed by atoms with E-state index in [-0.39, 0.29) is 30.1 Å². The lowest BCUT2D eigenvalue weighted by Crippen LogP contribution is -2.45. The van der Waals surface area contributed by atoms with Gasteiger partial charge in [-0.15, -0.1) is 40.2 Å². The van der Waals surface area contributed by atoms with Gasteiger partial charge in [0.2, 0.25) is 5.91 Å². The average molecular weight is 471 g/mol. The fourth-order valence-electron chi connectivity index (χ4n) is 2.34. The van der Waals surface area contributed by atoms with Crippen molar-refractivity contribution < 1.29 is 14.3 Å². The van der Waals surface area contributed by atoms with Gasteiger partial charge in [-0.25, -0.2) is 4.79 Å². The largest absolute Gasteiger partial charge is 0.464 e. The number of ether oxygens (including phenoxy) is 1. The first-order valence-electron chi connectivity index (χ1n) is 8.17. The number of nitrogens with two attached hydrogens (primary N) is 1. The number of anilines is 1. The van der Waals surface area contributed by atoms with Gasteiger partial charge in [0.1, 0.15) is 6.04 Å². The lowest BCUT2D eigenvalue weighted by Gasteiger charge is -2.23. The number of hydrogen-bond acceptors (Lipinski definition) is 5. The first kappa shape index (κ1) is 25.0. The molecule has 9 heteroatoms. The van der Waals surface area contributed by atoms with Crippen LogP contribution in [0.2, 0.25) is 0 Å². The molecule has 1 atom stereocenters. The Bertz CT molecular complexity index is 541. The van der Waals surface area contributed by atoms with Gasteiger partial charge < -0.3 is 20.7 Å². The predicted molar refractivity (Wildman–Crippen MR) is 112 cm³/mol. The van der Waals surface area contributed by atoms with E-state index in [0.717, 1.165) is 11.3 Å². The van der Waals surface area contributed by atoms with Crippen molar-refractivity contribution in [2.24, 2.45) is 5.73 Å². The van der Waals surface area contributed by atoms with Crippen molar-refractivity contribution in [3.05, 3.63) is 29.8 Å². The molecular formula is C17H26BrCl2N3O3. The third-order valence-corrected chi connectivity index (χ3v) is 3.88. The van der Waals surface area contributed by atoms with E-state index in [1.165, 1.54) is 0 Å². The van der Waals surface area contributed by atoms with Gasteiger partial charge in [-0.3, -0.25) is 4.79 Å². The molecule has 0 aromatic heterocycles. The normalized spacial score (nSPS) is 11.2. The molecule has 0 aliphatic carbocycles. The van der Waals surface area contributed by atoms with Crippen molar-refractivity contribution in [1.29, 1.82) is 0 Å². The second-order valence-corrected chi connectivity index (χ2v) is 6.07. The Balaban J connectivity index is 0.00000625. The zero-order chi connectivity index (χ0) is 18.7. The highest BCUT2D eigenvalue weighted by Gasteiger charge is 2.22. The van der Waals surface area contributed by atoms with Crippen molar-refractivity contribution in [2.45, 2.75) is 19.4 Å². The maximum Gasteiger partial charge on any atom is 0.328 e. The summed E-state index contributed by atoms with van der Waals surface area (Å²) in [5, 5.41) is 2.59. The molecule has 0 spiro atoms. The molecule has 0 aliphatic heterocycles. The first-order chi connectivity index (χ1) is 12.0. The minimum absolute atomic E-state index is 0. The van der Waals surface area contributed by atoms with Gasteiger partial charge in [0.15, 0.2) is 0 Å². The number of rotatable bonds is 11. The van der Waals surface area contributed by atoms with E-state index in [9.17, 15) is 9.59 Å². The number of benzene rings is 1. The maximum absolute atomic E-state index is 12.0. The zero-order valence-electron chi connectivity index (χ0n) is 14.7. The number of nitrogens with one attached hydrogen (secondary N) is 1. The summed E-state index contributed by atoms with van der Waals surface area (Å²) in [5.74, 6) is 0.146. The van der Waals surface area contributed by atoms with E-state index in [1.54, 1.807) is 6.92 Å². The summed E-state index contributed by atoms with van der Waals surface area (Å²) in [4.78, 5) is 25.6. The van der Waals surface area contributed by atoms with Gasteiger partial charge in [-0.05, 0) is 24.6 Å². The minimum Gasteiger partial charge on any atom is -0.464 e. The molecule has 148 valence electrons. The summed E-state index contributed by atoms with van der Waals surface area (Å²) in [6.07, 6.45) is 0.329. The van der Waals surface area contributed by atoms with Crippen molar-refractivity contribution in [1.82, 2.24) is 5.32 Å². The summed E-state index contributed by atoms with van der Waals surface area (Å²) >= 11 is 11.6. The maximum atomic E-state index is 12.0. The summed E-state index contributed by atoms with van der Waals surface area (Å²) in [6, 6.07) is 6.95. The highest BCUT2D eigenvalue weighted by molar-refractivity contribution is 8.93. The Morgan fingerprint density at radius 2 is 1.77 bits per heavy atom. The molecule has 0 saturated carbocycles. The van der Waals surface area contributed by atoms with Gasteiger partial charge in [0.05, 0.1) is 13.2 Å². The number of hydrogen-bond donors (Lipinski definition) is 2. The smallest absolute Gasteiger partial charge is 0.328 e. The molecule has 0 heterocycles. The fraction of sp³-hybridized carbons (Fsp3) is 0.529. The molecule has 1 amide bonds. The number of alkyl halides is 2. The van der Waals surface area contributed by atoms with Gasteiger partial charge in [-0.1, -0.05) is 12.1 Å². The van der Waals surface area contributed by atoms with E-state index < -0.39 is 17.9 Å². The van der Waals surface area contributed by atoms with Crippen LogP contribution in [0.1, 0.15) is 12.5 Å². The quantitative estimate of drug-likeness (QED) is 0.382. The van der Waals surface area contributed by atoms with Crippen LogP contribution in [0.4, 0.5) is 5.69 Å². The molecular weight excluding hydrogens is 445 g/mol. The molecule has 1 aromatic rings. The summed E-state index contributed by atoms with van der Waals surface area (Å²) in [5.41, 5.74) is 7.21. The Morgan fingerprint density at radius 1 is 1.19 bits per heavy atom. The number of esters is 1. The number of nitrogens with zero attached hydrogens (tertiary/aromatic N) is 1. The van der Waals surface area contributed by atoms with E-state index in [4.69, 9.17) is 33.7 Å². The predicted octanol–water partition coefficient (Wildman–Crippen LogP) is 2.10. The molecule has 0 radical (unpaired) electrons. The number of carbonyl (C=O) groups excluding carboxylic acids is 2.